The lowest BCUT2D eigenvalue weighted by molar-refractivity contribution is -0.131. The van der Waals surface area contributed by atoms with Crippen LogP contribution in [0, 0.1) is 5.41 Å². The first-order valence-corrected chi connectivity index (χ1v) is 7.19. The van der Waals surface area contributed by atoms with Crippen LogP contribution in [-0.2, 0) is 11.2 Å². The van der Waals surface area contributed by atoms with Crippen LogP contribution in [0.1, 0.15) is 45.3 Å². The van der Waals surface area contributed by atoms with Gasteiger partial charge in [-0.3, -0.25) is 4.79 Å². The third kappa shape index (κ3) is 4.39. The van der Waals surface area contributed by atoms with Crippen molar-refractivity contribution in [3.05, 3.63) is 24.2 Å². The van der Waals surface area contributed by atoms with Gasteiger partial charge >= 0.3 is 0 Å². The van der Waals surface area contributed by atoms with E-state index in [-0.39, 0.29) is 5.91 Å². The minimum absolute atomic E-state index is 0.0882. The summed E-state index contributed by atoms with van der Waals surface area (Å²) in [5.74, 6) is 0.981. The second-order valence-electron chi connectivity index (χ2n) is 5.07. The largest absolute Gasteiger partial charge is 0.469 e. The normalized spacial score (nSPS) is 11.5. The van der Waals surface area contributed by atoms with Gasteiger partial charge in [-0.1, -0.05) is 26.7 Å². The number of furan rings is 1. The molecule has 4 heteroatoms. The van der Waals surface area contributed by atoms with Crippen molar-refractivity contribution in [2.75, 3.05) is 13.1 Å². The van der Waals surface area contributed by atoms with Crippen molar-refractivity contribution in [1.29, 1.82) is 0 Å². The van der Waals surface area contributed by atoms with Crippen molar-refractivity contribution >= 4 is 5.91 Å². The molecule has 1 amide bonds. The number of carbonyl (C=O) groups is 1. The van der Waals surface area contributed by atoms with Crippen molar-refractivity contribution in [2.45, 2.75) is 46.0 Å². The van der Waals surface area contributed by atoms with E-state index < -0.39 is 5.41 Å². The summed E-state index contributed by atoms with van der Waals surface area (Å²) in [6.07, 6.45) is 6.02. The first-order chi connectivity index (χ1) is 9.18. The first-order valence-electron chi connectivity index (χ1n) is 7.19. The molecule has 108 valence electrons. The van der Waals surface area contributed by atoms with Crippen LogP contribution < -0.4 is 11.1 Å². The molecule has 3 N–H and O–H groups in total. The molecule has 1 aromatic rings. The maximum Gasteiger partial charge on any atom is 0.227 e. The van der Waals surface area contributed by atoms with E-state index in [9.17, 15) is 4.79 Å². The SMILES string of the molecule is CCCC(CN)(CCC)C(=O)NCCc1ccco1. The first kappa shape index (κ1) is 15.8. The van der Waals surface area contributed by atoms with Gasteiger partial charge in [0, 0.05) is 19.5 Å². The quantitative estimate of drug-likeness (QED) is 0.721. The van der Waals surface area contributed by atoms with Gasteiger partial charge in [0.25, 0.3) is 0 Å². The Morgan fingerprint density at radius 3 is 2.53 bits per heavy atom. The Balaban J connectivity index is 2.51. The summed E-state index contributed by atoms with van der Waals surface area (Å²) in [6, 6.07) is 3.77. The average molecular weight is 266 g/mol. The van der Waals surface area contributed by atoms with E-state index in [0.717, 1.165) is 37.9 Å². The highest BCUT2D eigenvalue weighted by molar-refractivity contribution is 5.82. The van der Waals surface area contributed by atoms with Gasteiger partial charge in [-0.25, -0.2) is 0 Å². The Kier molecular flexibility index (Phi) is 6.64. The molecule has 0 radical (unpaired) electrons. The van der Waals surface area contributed by atoms with Gasteiger partial charge in [-0.2, -0.15) is 0 Å². The van der Waals surface area contributed by atoms with E-state index in [4.69, 9.17) is 10.2 Å². The zero-order valence-corrected chi connectivity index (χ0v) is 12.1. The smallest absolute Gasteiger partial charge is 0.227 e. The molecule has 0 aliphatic carbocycles. The number of carbonyl (C=O) groups excluding carboxylic acids is 1. The maximum atomic E-state index is 12.4. The summed E-state index contributed by atoms with van der Waals surface area (Å²) in [6.45, 7) is 5.20. The fraction of sp³-hybridized carbons (Fsp3) is 0.667. The number of amides is 1. The lowest BCUT2D eigenvalue weighted by Crippen LogP contribution is -2.46. The van der Waals surface area contributed by atoms with Gasteiger partial charge in [-0.15, -0.1) is 0 Å². The van der Waals surface area contributed by atoms with Crippen molar-refractivity contribution in [3.63, 3.8) is 0 Å². The Morgan fingerprint density at radius 1 is 1.37 bits per heavy atom. The summed E-state index contributed by atoms with van der Waals surface area (Å²) in [7, 11) is 0. The molecule has 0 aliphatic rings. The molecule has 0 spiro atoms. The molecule has 4 nitrogen and oxygen atoms in total. The standard InChI is InChI=1S/C15H26N2O2/c1-3-8-15(12-16,9-4-2)14(18)17-10-7-13-6-5-11-19-13/h5-6,11H,3-4,7-10,12,16H2,1-2H3,(H,17,18). The molecule has 0 aliphatic heterocycles. The molecule has 0 saturated carbocycles. The molecular weight excluding hydrogens is 240 g/mol. The molecule has 1 aromatic heterocycles. The van der Waals surface area contributed by atoms with E-state index in [2.05, 4.69) is 19.2 Å². The van der Waals surface area contributed by atoms with E-state index in [1.54, 1.807) is 6.26 Å². The van der Waals surface area contributed by atoms with Crippen LogP contribution in [0.2, 0.25) is 0 Å². The molecule has 0 atom stereocenters. The number of nitrogens with two attached hydrogens (primary N) is 1. The highest BCUT2D eigenvalue weighted by Crippen LogP contribution is 2.28. The predicted molar refractivity (Wildman–Crippen MR) is 76.7 cm³/mol. The number of nitrogens with one attached hydrogen (secondary N) is 1. The summed E-state index contributed by atoms with van der Waals surface area (Å²) >= 11 is 0. The van der Waals surface area contributed by atoms with Crippen LogP contribution in [0.5, 0.6) is 0 Å². The minimum atomic E-state index is -0.396. The topological polar surface area (TPSA) is 68.3 Å². The Bertz CT molecular complexity index is 354. The van der Waals surface area contributed by atoms with Gasteiger partial charge in [0.05, 0.1) is 11.7 Å². The fourth-order valence-electron chi connectivity index (χ4n) is 2.55. The Labute approximate surface area is 115 Å². The molecule has 0 bridgehead atoms. The average Bonchev–Trinajstić information content (AvgIpc) is 2.91. The van der Waals surface area contributed by atoms with Crippen molar-refractivity contribution in [3.8, 4) is 0 Å². The summed E-state index contributed by atoms with van der Waals surface area (Å²) in [5.41, 5.74) is 5.47. The maximum absolute atomic E-state index is 12.4. The van der Waals surface area contributed by atoms with E-state index in [1.165, 1.54) is 0 Å². The van der Waals surface area contributed by atoms with Crippen molar-refractivity contribution in [2.24, 2.45) is 11.1 Å². The molecule has 0 aromatic carbocycles. The highest BCUT2D eigenvalue weighted by Gasteiger charge is 2.34. The molecule has 1 heterocycles. The van der Waals surface area contributed by atoms with Gasteiger partial charge in [0.1, 0.15) is 5.76 Å². The van der Waals surface area contributed by atoms with Crippen LogP contribution in [0.25, 0.3) is 0 Å². The second-order valence-corrected chi connectivity index (χ2v) is 5.07. The fourth-order valence-corrected chi connectivity index (χ4v) is 2.55. The molecule has 0 unspecified atom stereocenters. The summed E-state index contributed by atoms with van der Waals surface area (Å²) in [4.78, 5) is 12.4. The second kappa shape index (κ2) is 8.00. The van der Waals surface area contributed by atoms with E-state index >= 15 is 0 Å². The van der Waals surface area contributed by atoms with Gasteiger partial charge in [-0.05, 0) is 25.0 Å². The monoisotopic (exact) mass is 266 g/mol. The highest BCUT2D eigenvalue weighted by atomic mass is 16.3. The Morgan fingerprint density at radius 2 is 2.05 bits per heavy atom. The van der Waals surface area contributed by atoms with Crippen LogP contribution in [0.15, 0.2) is 22.8 Å². The lowest BCUT2D eigenvalue weighted by Gasteiger charge is -2.30. The zero-order chi connectivity index (χ0) is 14.1. The van der Waals surface area contributed by atoms with Gasteiger partial charge < -0.3 is 15.5 Å². The third-order valence-electron chi connectivity index (χ3n) is 3.57. The van der Waals surface area contributed by atoms with Crippen LogP contribution in [-0.4, -0.2) is 19.0 Å². The molecule has 19 heavy (non-hydrogen) atoms. The number of rotatable bonds is 9. The molecular formula is C15H26N2O2. The van der Waals surface area contributed by atoms with Crippen LogP contribution in [0.4, 0.5) is 0 Å². The summed E-state index contributed by atoms with van der Waals surface area (Å²) < 4.78 is 5.25. The minimum Gasteiger partial charge on any atom is -0.469 e. The third-order valence-corrected chi connectivity index (χ3v) is 3.57. The Hall–Kier alpha value is -1.29. The number of hydrogen-bond acceptors (Lipinski definition) is 3. The van der Waals surface area contributed by atoms with Crippen molar-refractivity contribution < 1.29 is 9.21 Å². The van der Waals surface area contributed by atoms with Gasteiger partial charge in [0.2, 0.25) is 5.91 Å². The zero-order valence-electron chi connectivity index (χ0n) is 12.1. The van der Waals surface area contributed by atoms with Gasteiger partial charge in [0.15, 0.2) is 0 Å². The molecule has 1 rings (SSSR count). The van der Waals surface area contributed by atoms with Crippen LogP contribution in [0.3, 0.4) is 0 Å². The van der Waals surface area contributed by atoms with Crippen LogP contribution >= 0.6 is 0 Å². The predicted octanol–water partition coefficient (Wildman–Crippen LogP) is 2.48. The van der Waals surface area contributed by atoms with E-state index in [1.807, 2.05) is 12.1 Å². The lowest BCUT2D eigenvalue weighted by atomic mass is 9.78. The number of hydrogen-bond donors (Lipinski definition) is 2. The molecule has 0 saturated heterocycles. The molecule has 0 fully saturated rings. The summed E-state index contributed by atoms with van der Waals surface area (Å²) in [5, 5.41) is 3.00. The van der Waals surface area contributed by atoms with Crippen molar-refractivity contribution in [1.82, 2.24) is 5.32 Å². The van der Waals surface area contributed by atoms with E-state index in [0.29, 0.717) is 13.1 Å².